The largest absolute Gasteiger partial charge is 0.449 e. The van der Waals surface area contributed by atoms with Gasteiger partial charge in [0.1, 0.15) is 0 Å². The number of ether oxygens (including phenoxy) is 1. The highest BCUT2D eigenvalue weighted by molar-refractivity contribution is 6.35. The monoisotopic (exact) mass is 365 g/mol. The molecule has 4 nitrogen and oxygen atoms in total. The molecule has 0 aliphatic carbocycles. The van der Waals surface area contributed by atoms with Gasteiger partial charge >= 0.3 is 5.97 Å². The van der Waals surface area contributed by atoms with Crippen molar-refractivity contribution < 1.29 is 14.3 Å². The molecule has 126 valence electrons. The highest BCUT2D eigenvalue weighted by atomic mass is 35.5. The van der Waals surface area contributed by atoms with Crippen LogP contribution < -0.4 is 5.32 Å². The van der Waals surface area contributed by atoms with Crippen molar-refractivity contribution in [1.29, 1.82) is 0 Å². The maximum atomic E-state index is 12.3. The minimum Gasteiger partial charge on any atom is -0.449 e. The number of amides is 1. The Bertz CT molecular complexity index is 790. The number of hydrogen-bond acceptors (Lipinski definition) is 3. The fourth-order valence-electron chi connectivity index (χ4n) is 2.06. The van der Waals surface area contributed by atoms with Gasteiger partial charge in [-0.2, -0.15) is 0 Å². The zero-order valence-electron chi connectivity index (χ0n) is 13.5. The van der Waals surface area contributed by atoms with E-state index in [2.05, 4.69) is 5.32 Å². The molecule has 0 fully saturated rings. The molecule has 0 aromatic heterocycles. The topological polar surface area (TPSA) is 55.4 Å². The highest BCUT2D eigenvalue weighted by Gasteiger charge is 2.21. The number of hydrogen-bond donors (Lipinski definition) is 1. The van der Waals surface area contributed by atoms with Crippen LogP contribution in [0.3, 0.4) is 0 Å². The first-order valence-electron chi connectivity index (χ1n) is 7.32. The van der Waals surface area contributed by atoms with Gasteiger partial charge in [0.05, 0.1) is 16.3 Å². The predicted octanol–water partition coefficient (Wildman–Crippen LogP) is 4.79. The molecule has 2 aromatic rings. The van der Waals surface area contributed by atoms with E-state index in [1.807, 2.05) is 26.0 Å². The lowest BCUT2D eigenvalue weighted by Gasteiger charge is -2.15. The minimum atomic E-state index is -0.979. The number of carbonyl (C=O) groups is 2. The number of esters is 1. The van der Waals surface area contributed by atoms with Crippen molar-refractivity contribution in [3.8, 4) is 0 Å². The summed E-state index contributed by atoms with van der Waals surface area (Å²) in [6, 6.07) is 10.2. The zero-order chi connectivity index (χ0) is 17.9. The predicted molar refractivity (Wildman–Crippen MR) is 95.9 cm³/mol. The van der Waals surface area contributed by atoms with Gasteiger partial charge in [0.15, 0.2) is 6.10 Å². The van der Waals surface area contributed by atoms with Crippen LogP contribution in [-0.2, 0) is 9.53 Å². The van der Waals surface area contributed by atoms with E-state index in [1.54, 1.807) is 18.2 Å². The first kappa shape index (κ1) is 18.3. The maximum Gasteiger partial charge on any atom is 0.339 e. The minimum absolute atomic E-state index is 0.348. The smallest absolute Gasteiger partial charge is 0.339 e. The zero-order valence-corrected chi connectivity index (χ0v) is 15.0. The van der Waals surface area contributed by atoms with Gasteiger partial charge in [0, 0.05) is 5.02 Å². The van der Waals surface area contributed by atoms with Crippen LogP contribution in [-0.4, -0.2) is 18.0 Å². The van der Waals surface area contributed by atoms with Gasteiger partial charge in [-0.3, -0.25) is 4.79 Å². The van der Waals surface area contributed by atoms with Crippen LogP contribution in [0.15, 0.2) is 36.4 Å². The third kappa shape index (κ3) is 4.49. The first-order valence-corrected chi connectivity index (χ1v) is 8.07. The summed E-state index contributed by atoms with van der Waals surface area (Å²) < 4.78 is 5.25. The van der Waals surface area contributed by atoms with Crippen LogP contribution >= 0.6 is 23.2 Å². The normalized spacial score (nSPS) is 11.7. The number of aryl methyl sites for hydroxylation is 2. The number of halogens is 2. The fraction of sp³-hybridized carbons (Fsp3) is 0.222. The van der Waals surface area contributed by atoms with E-state index in [1.165, 1.54) is 13.0 Å². The Labute approximate surface area is 150 Å². The molecule has 2 aromatic carbocycles. The maximum absolute atomic E-state index is 12.3. The average molecular weight is 366 g/mol. The van der Waals surface area contributed by atoms with Crippen molar-refractivity contribution in [1.82, 2.24) is 0 Å². The average Bonchev–Trinajstić information content (AvgIpc) is 2.53. The van der Waals surface area contributed by atoms with Crippen molar-refractivity contribution in [3.63, 3.8) is 0 Å². The summed E-state index contributed by atoms with van der Waals surface area (Å²) in [6.07, 6.45) is -0.979. The molecule has 1 N–H and O–H groups in total. The second kappa shape index (κ2) is 7.69. The summed E-state index contributed by atoms with van der Waals surface area (Å²) in [5, 5.41) is 3.39. The van der Waals surface area contributed by atoms with E-state index in [9.17, 15) is 9.59 Å². The van der Waals surface area contributed by atoms with Crippen LogP contribution in [0.1, 0.15) is 28.4 Å². The van der Waals surface area contributed by atoms with Gasteiger partial charge in [-0.15, -0.1) is 0 Å². The van der Waals surface area contributed by atoms with E-state index in [-0.39, 0.29) is 0 Å². The molecule has 1 amide bonds. The van der Waals surface area contributed by atoms with Gasteiger partial charge in [0.2, 0.25) is 0 Å². The lowest BCUT2D eigenvalue weighted by Crippen LogP contribution is -2.30. The summed E-state index contributed by atoms with van der Waals surface area (Å²) in [5.74, 6) is -1.03. The van der Waals surface area contributed by atoms with E-state index >= 15 is 0 Å². The van der Waals surface area contributed by atoms with E-state index in [0.29, 0.717) is 21.3 Å². The Morgan fingerprint density at radius 2 is 1.79 bits per heavy atom. The second-order valence-electron chi connectivity index (χ2n) is 5.48. The lowest BCUT2D eigenvalue weighted by atomic mass is 10.1. The van der Waals surface area contributed by atoms with Crippen LogP contribution in [0.4, 0.5) is 5.69 Å². The first-order chi connectivity index (χ1) is 11.3. The summed E-state index contributed by atoms with van der Waals surface area (Å²) in [6.45, 7) is 5.19. The molecule has 0 aliphatic heterocycles. The van der Waals surface area contributed by atoms with Gasteiger partial charge in [0.25, 0.3) is 5.91 Å². The molecule has 0 spiro atoms. The van der Waals surface area contributed by atoms with Crippen LogP contribution in [0, 0.1) is 13.8 Å². The molecule has 0 saturated carbocycles. The molecule has 24 heavy (non-hydrogen) atoms. The fourth-order valence-corrected chi connectivity index (χ4v) is 2.40. The third-order valence-electron chi connectivity index (χ3n) is 3.45. The summed E-state index contributed by atoms with van der Waals surface area (Å²) in [5.41, 5.74) is 2.53. The van der Waals surface area contributed by atoms with Crippen LogP contribution in [0.5, 0.6) is 0 Å². The van der Waals surface area contributed by atoms with Crippen molar-refractivity contribution in [3.05, 3.63) is 63.1 Å². The molecule has 6 heteroatoms. The molecule has 0 heterocycles. The van der Waals surface area contributed by atoms with E-state index in [0.717, 1.165) is 11.1 Å². The van der Waals surface area contributed by atoms with Gasteiger partial charge in [-0.05, 0) is 50.6 Å². The Morgan fingerprint density at radius 3 is 2.50 bits per heavy atom. The Morgan fingerprint density at radius 1 is 1.08 bits per heavy atom. The molecule has 0 bridgehead atoms. The van der Waals surface area contributed by atoms with Crippen molar-refractivity contribution in [2.24, 2.45) is 0 Å². The molecule has 2 rings (SSSR count). The molecule has 0 radical (unpaired) electrons. The number of rotatable bonds is 4. The van der Waals surface area contributed by atoms with Crippen LogP contribution in [0.2, 0.25) is 10.0 Å². The number of anilines is 1. The summed E-state index contributed by atoms with van der Waals surface area (Å²) in [4.78, 5) is 24.5. The van der Waals surface area contributed by atoms with Gasteiger partial charge < -0.3 is 10.1 Å². The van der Waals surface area contributed by atoms with Crippen molar-refractivity contribution in [2.75, 3.05) is 5.32 Å². The molecular formula is C18H17Cl2NO3. The number of nitrogens with one attached hydrogen (secondary N) is 1. The van der Waals surface area contributed by atoms with Crippen molar-refractivity contribution >= 4 is 40.8 Å². The summed E-state index contributed by atoms with van der Waals surface area (Å²) >= 11 is 11.9. The van der Waals surface area contributed by atoms with Gasteiger partial charge in [-0.1, -0.05) is 40.9 Å². The quantitative estimate of drug-likeness (QED) is 0.792. The molecule has 0 saturated heterocycles. The Hall–Kier alpha value is -2.04. The molecule has 0 unspecified atom stereocenters. The Balaban J connectivity index is 2.07. The van der Waals surface area contributed by atoms with E-state index in [4.69, 9.17) is 27.9 Å². The standard InChI is InChI=1S/C18H17Cl2NO3/c1-10-4-5-11(2)14(8-10)18(23)24-12(3)17(22)21-16-9-13(19)6-7-15(16)20/h4-9,12H,1-3H3,(H,21,22)/t12-/m0/s1. The van der Waals surface area contributed by atoms with Crippen molar-refractivity contribution in [2.45, 2.75) is 26.9 Å². The second-order valence-corrected chi connectivity index (χ2v) is 6.32. The lowest BCUT2D eigenvalue weighted by molar-refractivity contribution is -0.123. The summed E-state index contributed by atoms with van der Waals surface area (Å²) in [7, 11) is 0. The molecule has 1 atom stereocenters. The highest BCUT2D eigenvalue weighted by Crippen LogP contribution is 2.25. The van der Waals surface area contributed by atoms with Crippen LogP contribution in [0.25, 0.3) is 0 Å². The SMILES string of the molecule is Cc1ccc(C)c(C(=O)O[C@@H](C)C(=O)Nc2cc(Cl)ccc2Cl)c1. The number of carbonyl (C=O) groups excluding carboxylic acids is 2. The third-order valence-corrected chi connectivity index (χ3v) is 4.02. The van der Waals surface area contributed by atoms with E-state index < -0.39 is 18.0 Å². The molecular weight excluding hydrogens is 349 g/mol. The Kier molecular flexibility index (Phi) is 5.86. The van der Waals surface area contributed by atoms with Gasteiger partial charge in [-0.25, -0.2) is 4.79 Å². The molecule has 0 aliphatic rings. The number of benzene rings is 2.